The van der Waals surface area contributed by atoms with Crippen molar-refractivity contribution in [2.45, 2.75) is 45.6 Å². The Bertz CT molecular complexity index is 356. The molecule has 1 fully saturated rings. The summed E-state index contributed by atoms with van der Waals surface area (Å²) in [6, 6.07) is 0.456. The average molecular weight is 334 g/mol. The lowest BCUT2D eigenvalue weighted by Crippen LogP contribution is -2.23. The Labute approximate surface area is 111 Å². The van der Waals surface area contributed by atoms with Gasteiger partial charge < -0.3 is 4.74 Å². The number of aromatic nitrogens is 2. The Morgan fingerprint density at radius 3 is 2.81 bits per heavy atom. The van der Waals surface area contributed by atoms with Gasteiger partial charge in [0.25, 0.3) is 0 Å². The van der Waals surface area contributed by atoms with Gasteiger partial charge >= 0.3 is 0 Å². The lowest BCUT2D eigenvalue weighted by atomic mass is 10.1. The molecule has 1 saturated heterocycles. The Hall–Kier alpha value is -0.100. The Kier molecular flexibility index (Phi) is 4.24. The summed E-state index contributed by atoms with van der Waals surface area (Å²) < 4.78 is 9.13. The van der Waals surface area contributed by atoms with Gasteiger partial charge in [-0.15, -0.1) is 0 Å². The van der Waals surface area contributed by atoms with Crippen LogP contribution in [0.4, 0.5) is 0 Å². The van der Waals surface area contributed by atoms with Gasteiger partial charge in [-0.1, -0.05) is 13.8 Å². The zero-order chi connectivity index (χ0) is 11.5. The number of hydrogen-bond donors (Lipinski definition) is 0. The molecule has 16 heavy (non-hydrogen) atoms. The van der Waals surface area contributed by atoms with Crippen molar-refractivity contribution in [3.8, 4) is 0 Å². The zero-order valence-corrected chi connectivity index (χ0v) is 12.2. The second-order valence-electron chi connectivity index (χ2n) is 4.23. The van der Waals surface area contributed by atoms with Crippen LogP contribution in [-0.2, 0) is 17.6 Å². The standard InChI is InChI=1S/C12H19IN2O/c1-3-10-12(13)11(4-2)15(14-10)9-6-5-7-16-8-9/h9H,3-8H2,1-2H3. The maximum atomic E-state index is 5.56. The summed E-state index contributed by atoms with van der Waals surface area (Å²) in [6.07, 6.45) is 4.44. The summed E-state index contributed by atoms with van der Waals surface area (Å²) in [4.78, 5) is 0. The number of aryl methyl sites for hydroxylation is 1. The van der Waals surface area contributed by atoms with E-state index in [0.717, 1.165) is 32.5 Å². The van der Waals surface area contributed by atoms with Crippen molar-refractivity contribution >= 4 is 22.6 Å². The third-order valence-electron chi connectivity index (χ3n) is 3.16. The molecule has 1 atom stereocenters. The van der Waals surface area contributed by atoms with E-state index < -0.39 is 0 Å². The maximum absolute atomic E-state index is 5.56. The first-order chi connectivity index (χ1) is 7.77. The molecule has 0 amide bonds. The molecule has 2 rings (SSSR count). The SMILES string of the molecule is CCc1nn(C2CCCOC2)c(CC)c1I. The molecular weight excluding hydrogens is 315 g/mol. The first-order valence-electron chi connectivity index (χ1n) is 6.11. The highest BCUT2D eigenvalue weighted by atomic mass is 127. The van der Waals surface area contributed by atoms with Gasteiger partial charge in [-0.05, 0) is 48.3 Å². The Balaban J connectivity index is 2.31. The number of rotatable bonds is 3. The van der Waals surface area contributed by atoms with Crippen molar-refractivity contribution in [2.24, 2.45) is 0 Å². The molecule has 0 aliphatic carbocycles. The second-order valence-corrected chi connectivity index (χ2v) is 5.31. The van der Waals surface area contributed by atoms with Crippen molar-refractivity contribution in [1.29, 1.82) is 0 Å². The number of nitrogens with zero attached hydrogens (tertiary/aromatic N) is 2. The van der Waals surface area contributed by atoms with Crippen molar-refractivity contribution in [1.82, 2.24) is 9.78 Å². The molecule has 3 nitrogen and oxygen atoms in total. The minimum atomic E-state index is 0.456. The quantitative estimate of drug-likeness (QED) is 0.795. The second kappa shape index (κ2) is 5.49. The minimum absolute atomic E-state index is 0.456. The summed E-state index contributed by atoms with van der Waals surface area (Å²) in [5, 5.41) is 4.75. The normalized spacial score (nSPS) is 21.3. The molecule has 90 valence electrons. The predicted molar refractivity (Wildman–Crippen MR) is 72.8 cm³/mol. The van der Waals surface area contributed by atoms with Crippen LogP contribution in [0.3, 0.4) is 0 Å². The highest BCUT2D eigenvalue weighted by Gasteiger charge is 2.22. The summed E-state index contributed by atoms with van der Waals surface area (Å²) in [5.74, 6) is 0. The van der Waals surface area contributed by atoms with Crippen molar-refractivity contribution in [2.75, 3.05) is 13.2 Å². The fraction of sp³-hybridized carbons (Fsp3) is 0.750. The van der Waals surface area contributed by atoms with Crippen LogP contribution in [0.2, 0.25) is 0 Å². The first-order valence-corrected chi connectivity index (χ1v) is 7.19. The van der Waals surface area contributed by atoms with Crippen LogP contribution in [0.25, 0.3) is 0 Å². The van der Waals surface area contributed by atoms with Gasteiger partial charge in [-0.2, -0.15) is 5.10 Å². The summed E-state index contributed by atoms with van der Waals surface area (Å²) in [7, 11) is 0. The molecule has 1 aliphatic heterocycles. The third kappa shape index (κ3) is 2.27. The topological polar surface area (TPSA) is 27.1 Å². The van der Waals surface area contributed by atoms with E-state index in [9.17, 15) is 0 Å². The van der Waals surface area contributed by atoms with Crippen LogP contribution in [0, 0.1) is 3.57 Å². The van der Waals surface area contributed by atoms with E-state index in [1.165, 1.54) is 21.4 Å². The molecular formula is C12H19IN2O. The molecule has 0 radical (unpaired) electrons. The van der Waals surface area contributed by atoms with E-state index in [0.29, 0.717) is 6.04 Å². The van der Waals surface area contributed by atoms with Gasteiger partial charge in [0.15, 0.2) is 0 Å². The number of hydrogen-bond acceptors (Lipinski definition) is 2. The zero-order valence-electron chi connectivity index (χ0n) is 10.0. The van der Waals surface area contributed by atoms with Crippen LogP contribution in [0.15, 0.2) is 0 Å². The molecule has 1 aromatic rings. The molecule has 0 spiro atoms. The fourth-order valence-corrected chi connectivity index (χ4v) is 3.38. The van der Waals surface area contributed by atoms with E-state index >= 15 is 0 Å². The molecule has 0 saturated carbocycles. The fourth-order valence-electron chi connectivity index (χ4n) is 2.26. The van der Waals surface area contributed by atoms with Crippen molar-refractivity contribution in [3.63, 3.8) is 0 Å². The minimum Gasteiger partial charge on any atom is -0.379 e. The first kappa shape index (κ1) is 12.4. The Morgan fingerprint density at radius 1 is 1.44 bits per heavy atom. The van der Waals surface area contributed by atoms with Crippen LogP contribution >= 0.6 is 22.6 Å². The van der Waals surface area contributed by atoms with Crippen molar-refractivity contribution in [3.05, 3.63) is 15.0 Å². The molecule has 0 N–H and O–H groups in total. The summed E-state index contributed by atoms with van der Waals surface area (Å²) in [5.41, 5.74) is 2.62. The lowest BCUT2D eigenvalue weighted by molar-refractivity contribution is 0.0538. The van der Waals surface area contributed by atoms with E-state index in [1.54, 1.807) is 0 Å². The molecule has 0 aromatic carbocycles. The van der Waals surface area contributed by atoms with Gasteiger partial charge in [-0.25, -0.2) is 0 Å². The highest BCUT2D eigenvalue weighted by molar-refractivity contribution is 14.1. The highest BCUT2D eigenvalue weighted by Crippen LogP contribution is 2.26. The van der Waals surface area contributed by atoms with E-state index in [2.05, 4.69) is 41.1 Å². The number of ether oxygens (including phenoxy) is 1. The third-order valence-corrected chi connectivity index (χ3v) is 4.41. The molecule has 2 heterocycles. The predicted octanol–water partition coefficient (Wildman–Crippen LogP) is 2.96. The average Bonchev–Trinajstić information content (AvgIpc) is 2.66. The molecule has 0 bridgehead atoms. The lowest BCUT2D eigenvalue weighted by Gasteiger charge is -2.24. The molecule has 1 aliphatic rings. The molecule has 1 unspecified atom stereocenters. The van der Waals surface area contributed by atoms with Gasteiger partial charge in [-0.3, -0.25) is 4.68 Å². The summed E-state index contributed by atoms with van der Waals surface area (Å²) in [6.45, 7) is 6.12. The van der Waals surface area contributed by atoms with Crippen LogP contribution in [0.5, 0.6) is 0 Å². The smallest absolute Gasteiger partial charge is 0.0758 e. The van der Waals surface area contributed by atoms with E-state index in [4.69, 9.17) is 9.84 Å². The largest absolute Gasteiger partial charge is 0.379 e. The van der Waals surface area contributed by atoms with Crippen LogP contribution < -0.4 is 0 Å². The molecule has 4 heteroatoms. The van der Waals surface area contributed by atoms with Crippen LogP contribution in [0.1, 0.15) is 44.1 Å². The van der Waals surface area contributed by atoms with E-state index in [1.807, 2.05) is 0 Å². The maximum Gasteiger partial charge on any atom is 0.0758 e. The van der Waals surface area contributed by atoms with E-state index in [-0.39, 0.29) is 0 Å². The Morgan fingerprint density at radius 2 is 2.25 bits per heavy atom. The monoisotopic (exact) mass is 334 g/mol. The summed E-state index contributed by atoms with van der Waals surface area (Å²) >= 11 is 2.43. The van der Waals surface area contributed by atoms with Gasteiger partial charge in [0.05, 0.1) is 27.6 Å². The van der Waals surface area contributed by atoms with Gasteiger partial charge in [0, 0.05) is 6.61 Å². The van der Waals surface area contributed by atoms with Crippen molar-refractivity contribution < 1.29 is 4.74 Å². The molecule has 1 aromatic heterocycles. The van der Waals surface area contributed by atoms with Crippen LogP contribution in [-0.4, -0.2) is 23.0 Å². The van der Waals surface area contributed by atoms with Gasteiger partial charge in [0.1, 0.15) is 0 Å². The van der Waals surface area contributed by atoms with Gasteiger partial charge in [0.2, 0.25) is 0 Å². The number of halogens is 1.